The predicted octanol–water partition coefficient (Wildman–Crippen LogP) is 3.20. The number of amides is 2. The summed E-state index contributed by atoms with van der Waals surface area (Å²) in [6.07, 6.45) is 2.45. The van der Waals surface area contributed by atoms with Crippen molar-refractivity contribution in [2.24, 2.45) is 0 Å². The van der Waals surface area contributed by atoms with Gasteiger partial charge >= 0.3 is 12.0 Å². The predicted molar refractivity (Wildman–Crippen MR) is 88.0 cm³/mol. The standard InChI is InChI=1S/C16H21BrN2O3/c17-14-5-2-1-4-13(14)12-7-10-19(11-8-12)16(22)18-9-3-6-15(20)21/h1-2,4-5,12H,3,6-11H2,(H,18,22)(H,20,21). The van der Waals surface area contributed by atoms with E-state index in [0.717, 1.165) is 30.4 Å². The minimum atomic E-state index is -0.830. The Balaban J connectivity index is 1.76. The SMILES string of the molecule is O=C(O)CCCNC(=O)N1CCC(c2ccccc2Br)CC1. The Labute approximate surface area is 138 Å². The van der Waals surface area contributed by atoms with Gasteiger partial charge in [0.05, 0.1) is 0 Å². The van der Waals surface area contributed by atoms with Crippen LogP contribution in [-0.4, -0.2) is 41.6 Å². The molecule has 0 aliphatic carbocycles. The molecule has 2 N–H and O–H groups in total. The zero-order chi connectivity index (χ0) is 15.9. The first kappa shape index (κ1) is 16.8. The number of nitrogens with zero attached hydrogens (tertiary/aromatic N) is 1. The van der Waals surface area contributed by atoms with Crippen molar-refractivity contribution >= 4 is 27.9 Å². The van der Waals surface area contributed by atoms with Gasteiger partial charge in [0.1, 0.15) is 0 Å². The third-order valence-electron chi connectivity index (χ3n) is 3.97. The van der Waals surface area contributed by atoms with Crippen molar-refractivity contribution in [2.75, 3.05) is 19.6 Å². The van der Waals surface area contributed by atoms with Gasteiger partial charge in [-0.3, -0.25) is 4.79 Å². The largest absolute Gasteiger partial charge is 0.481 e. The second-order valence-corrected chi connectivity index (χ2v) is 6.37. The lowest BCUT2D eigenvalue weighted by Crippen LogP contribution is -2.44. The quantitative estimate of drug-likeness (QED) is 0.784. The summed E-state index contributed by atoms with van der Waals surface area (Å²) >= 11 is 3.59. The van der Waals surface area contributed by atoms with E-state index in [1.165, 1.54) is 5.56 Å². The highest BCUT2D eigenvalue weighted by Gasteiger charge is 2.24. The molecule has 0 radical (unpaired) electrons. The molecule has 22 heavy (non-hydrogen) atoms. The highest BCUT2D eigenvalue weighted by Crippen LogP contribution is 2.32. The van der Waals surface area contributed by atoms with Crippen LogP contribution in [0.25, 0.3) is 0 Å². The van der Waals surface area contributed by atoms with Crippen LogP contribution in [0, 0.1) is 0 Å². The van der Waals surface area contributed by atoms with Crippen molar-refractivity contribution in [3.8, 4) is 0 Å². The Morgan fingerprint density at radius 3 is 2.59 bits per heavy atom. The van der Waals surface area contributed by atoms with Crippen molar-refractivity contribution in [1.29, 1.82) is 0 Å². The Hall–Kier alpha value is -1.56. The van der Waals surface area contributed by atoms with E-state index < -0.39 is 5.97 Å². The first-order valence-electron chi connectivity index (χ1n) is 7.57. The molecular weight excluding hydrogens is 348 g/mol. The number of nitrogens with one attached hydrogen (secondary N) is 1. The molecule has 120 valence electrons. The maximum Gasteiger partial charge on any atom is 0.317 e. The third-order valence-corrected chi connectivity index (χ3v) is 4.69. The number of benzene rings is 1. The topological polar surface area (TPSA) is 69.6 Å². The fraction of sp³-hybridized carbons (Fsp3) is 0.500. The van der Waals surface area contributed by atoms with Crippen molar-refractivity contribution in [2.45, 2.75) is 31.6 Å². The molecule has 0 spiro atoms. The van der Waals surface area contributed by atoms with Crippen LogP contribution in [0.4, 0.5) is 4.79 Å². The summed E-state index contributed by atoms with van der Waals surface area (Å²) in [6, 6.07) is 8.15. The van der Waals surface area contributed by atoms with Crippen LogP contribution >= 0.6 is 15.9 Å². The molecule has 1 aliphatic heterocycles. The van der Waals surface area contributed by atoms with E-state index in [1.807, 2.05) is 17.0 Å². The van der Waals surface area contributed by atoms with E-state index in [2.05, 4.69) is 33.4 Å². The Bertz CT molecular complexity index is 528. The van der Waals surface area contributed by atoms with E-state index in [0.29, 0.717) is 18.9 Å². The van der Waals surface area contributed by atoms with Crippen LogP contribution in [0.1, 0.15) is 37.2 Å². The van der Waals surface area contributed by atoms with Crippen molar-refractivity contribution in [3.05, 3.63) is 34.3 Å². The van der Waals surface area contributed by atoms with Crippen LogP contribution in [-0.2, 0) is 4.79 Å². The number of piperidine rings is 1. The number of hydrogen-bond acceptors (Lipinski definition) is 2. The molecule has 1 aromatic carbocycles. The number of urea groups is 1. The fourth-order valence-electron chi connectivity index (χ4n) is 2.75. The second kappa shape index (κ2) is 8.17. The molecule has 1 heterocycles. The van der Waals surface area contributed by atoms with E-state index in [1.54, 1.807) is 0 Å². The minimum Gasteiger partial charge on any atom is -0.481 e. The molecule has 5 nitrogen and oxygen atoms in total. The molecule has 2 amide bonds. The van der Waals surface area contributed by atoms with Gasteiger partial charge in [0, 0.05) is 30.5 Å². The van der Waals surface area contributed by atoms with Gasteiger partial charge in [0.15, 0.2) is 0 Å². The Morgan fingerprint density at radius 1 is 1.27 bits per heavy atom. The number of aliphatic carboxylic acids is 1. The molecule has 0 aromatic heterocycles. The average molecular weight is 369 g/mol. The number of hydrogen-bond donors (Lipinski definition) is 2. The number of carbonyl (C=O) groups is 2. The van der Waals surface area contributed by atoms with Gasteiger partial charge in [-0.2, -0.15) is 0 Å². The monoisotopic (exact) mass is 368 g/mol. The van der Waals surface area contributed by atoms with Crippen LogP contribution in [0.5, 0.6) is 0 Å². The van der Waals surface area contributed by atoms with E-state index in [-0.39, 0.29) is 12.5 Å². The molecule has 0 saturated carbocycles. The lowest BCUT2D eigenvalue weighted by molar-refractivity contribution is -0.137. The summed E-state index contributed by atoms with van der Waals surface area (Å²) in [5.74, 6) is -0.352. The number of rotatable bonds is 5. The van der Waals surface area contributed by atoms with Crippen LogP contribution < -0.4 is 5.32 Å². The van der Waals surface area contributed by atoms with Crippen LogP contribution in [0.3, 0.4) is 0 Å². The summed E-state index contributed by atoms with van der Waals surface area (Å²) in [5, 5.41) is 11.3. The second-order valence-electron chi connectivity index (χ2n) is 5.51. The third kappa shape index (κ3) is 4.73. The normalized spacial score (nSPS) is 15.6. The summed E-state index contributed by atoms with van der Waals surface area (Å²) in [4.78, 5) is 24.2. The smallest absolute Gasteiger partial charge is 0.317 e. The number of carbonyl (C=O) groups excluding carboxylic acids is 1. The minimum absolute atomic E-state index is 0.0871. The molecule has 0 unspecified atom stereocenters. The Kier molecular flexibility index (Phi) is 6.24. The zero-order valence-electron chi connectivity index (χ0n) is 12.4. The van der Waals surface area contributed by atoms with E-state index in [9.17, 15) is 9.59 Å². The van der Waals surface area contributed by atoms with E-state index >= 15 is 0 Å². The van der Waals surface area contributed by atoms with Crippen LogP contribution in [0.2, 0.25) is 0 Å². The first-order valence-corrected chi connectivity index (χ1v) is 8.36. The van der Waals surface area contributed by atoms with Gasteiger partial charge in [0.25, 0.3) is 0 Å². The van der Waals surface area contributed by atoms with Gasteiger partial charge < -0.3 is 15.3 Å². The van der Waals surface area contributed by atoms with E-state index in [4.69, 9.17) is 5.11 Å². The maximum absolute atomic E-state index is 12.0. The Morgan fingerprint density at radius 2 is 1.95 bits per heavy atom. The average Bonchev–Trinajstić information content (AvgIpc) is 2.52. The maximum atomic E-state index is 12.0. The van der Waals surface area contributed by atoms with Gasteiger partial charge in [-0.05, 0) is 36.8 Å². The number of carboxylic acid groups (broad SMARTS) is 1. The molecule has 1 aliphatic rings. The summed E-state index contributed by atoms with van der Waals surface area (Å²) in [5.41, 5.74) is 1.31. The molecular formula is C16H21BrN2O3. The number of likely N-dealkylation sites (tertiary alicyclic amines) is 1. The van der Waals surface area contributed by atoms with Gasteiger partial charge in [-0.1, -0.05) is 34.1 Å². The van der Waals surface area contributed by atoms with Gasteiger partial charge in [-0.25, -0.2) is 4.79 Å². The fourth-order valence-corrected chi connectivity index (χ4v) is 3.36. The first-order chi connectivity index (χ1) is 10.6. The molecule has 6 heteroatoms. The zero-order valence-corrected chi connectivity index (χ0v) is 14.0. The van der Waals surface area contributed by atoms with Crippen molar-refractivity contribution in [3.63, 3.8) is 0 Å². The number of carboxylic acids is 1. The van der Waals surface area contributed by atoms with Gasteiger partial charge in [-0.15, -0.1) is 0 Å². The molecule has 0 bridgehead atoms. The lowest BCUT2D eigenvalue weighted by Gasteiger charge is -2.32. The molecule has 2 rings (SSSR count). The highest BCUT2D eigenvalue weighted by atomic mass is 79.9. The molecule has 1 saturated heterocycles. The molecule has 0 atom stereocenters. The summed E-state index contributed by atoms with van der Waals surface area (Å²) in [7, 11) is 0. The summed E-state index contributed by atoms with van der Waals surface area (Å²) < 4.78 is 1.13. The van der Waals surface area contributed by atoms with Gasteiger partial charge in [0.2, 0.25) is 0 Å². The molecule has 1 fully saturated rings. The number of halogens is 1. The van der Waals surface area contributed by atoms with Crippen molar-refractivity contribution in [1.82, 2.24) is 10.2 Å². The summed E-state index contributed by atoms with van der Waals surface area (Å²) in [6.45, 7) is 1.88. The molecule has 1 aromatic rings. The lowest BCUT2D eigenvalue weighted by atomic mass is 9.89. The van der Waals surface area contributed by atoms with Crippen molar-refractivity contribution < 1.29 is 14.7 Å². The highest BCUT2D eigenvalue weighted by molar-refractivity contribution is 9.10. The van der Waals surface area contributed by atoms with Crippen LogP contribution in [0.15, 0.2) is 28.7 Å².